The molecule has 8 nitrogen and oxygen atoms in total. The summed E-state index contributed by atoms with van der Waals surface area (Å²) in [6.07, 6.45) is 0. The summed E-state index contributed by atoms with van der Waals surface area (Å²) in [6, 6.07) is 4.44. The largest absolute Gasteiger partial charge is 0.493 e. The second-order valence-corrected chi connectivity index (χ2v) is 6.31. The van der Waals surface area contributed by atoms with Crippen LogP contribution in [0.15, 0.2) is 18.2 Å². The first kappa shape index (κ1) is 21.8. The Bertz CT molecular complexity index is 669. The van der Waals surface area contributed by atoms with E-state index in [4.69, 9.17) is 9.47 Å². The number of carbonyl (C=O) groups is 2. The number of alkyl halides is 2. The molecule has 1 aromatic rings. The van der Waals surface area contributed by atoms with Crippen LogP contribution in [-0.2, 0) is 20.9 Å². The van der Waals surface area contributed by atoms with Crippen LogP contribution in [0.3, 0.4) is 0 Å². The summed E-state index contributed by atoms with van der Waals surface area (Å²) in [7, 11) is 3.04. The highest BCUT2D eigenvalue weighted by molar-refractivity contribution is 5.81. The van der Waals surface area contributed by atoms with Gasteiger partial charge in [-0.15, -0.1) is 0 Å². The van der Waals surface area contributed by atoms with Gasteiger partial charge in [-0.2, -0.15) is 8.78 Å². The molecule has 0 bridgehead atoms. The fourth-order valence-corrected chi connectivity index (χ4v) is 2.72. The van der Waals surface area contributed by atoms with Gasteiger partial charge in [0.1, 0.15) is 0 Å². The monoisotopic (exact) mass is 401 g/mol. The maximum Gasteiger partial charge on any atom is 0.387 e. The number of carbonyl (C=O) groups excluding carboxylic acids is 2. The summed E-state index contributed by atoms with van der Waals surface area (Å²) in [4.78, 5) is 27.6. The molecule has 0 aromatic heterocycles. The minimum absolute atomic E-state index is 0.0436. The van der Waals surface area contributed by atoms with Gasteiger partial charge in [0.25, 0.3) is 0 Å². The van der Waals surface area contributed by atoms with E-state index in [1.165, 1.54) is 19.2 Å². The molecule has 1 aliphatic rings. The summed E-state index contributed by atoms with van der Waals surface area (Å²) in [5.74, 6) is -0.226. The van der Waals surface area contributed by atoms with E-state index in [0.717, 1.165) is 0 Å². The lowest BCUT2D eigenvalue weighted by molar-refractivity contribution is -0.136. The third-order valence-corrected chi connectivity index (χ3v) is 4.12. The van der Waals surface area contributed by atoms with E-state index < -0.39 is 6.61 Å². The Morgan fingerprint density at radius 3 is 2.61 bits per heavy atom. The molecule has 10 heteroatoms. The second-order valence-electron chi connectivity index (χ2n) is 6.31. The number of morpholine rings is 1. The normalized spacial score (nSPS) is 14.3. The van der Waals surface area contributed by atoms with E-state index in [1.54, 1.807) is 22.9 Å². The average molecular weight is 401 g/mol. The third-order valence-electron chi connectivity index (χ3n) is 4.12. The van der Waals surface area contributed by atoms with Gasteiger partial charge in [0, 0.05) is 19.6 Å². The van der Waals surface area contributed by atoms with Crippen LogP contribution >= 0.6 is 0 Å². The van der Waals surface area contributed by atoms with Crippen LogP contribution in [0.1, 0.15) is 5.56 Å². The lowest BCUT2D eigenvalue weighted by atomic mass is 10.2. The molecule has 0 atom stereocenters. The third kappa shape index (κ3) is 6.93. The van der Waals surface area contributed by atoms with Gasteiger partial charge in [0.15, 0.2) is 11.5 Å². The van der Waals surface area contributed by atoms with Crippen molar-refractivity contribution in [1.29, 1.82) is 0 Å². The molecule has 0 unspecified atom stereocenters. The zero-order valence-electron chi connectivity index (χ0n) is 16.0. The number of nitrogens with one attached hydrogen (secondary N) is 1. The Morgan fingerprint density at radius 1 is 1.25 bits per heavy atom. The van der Waals surface area contributed by atoms with Crippen molar-refractivity contribution in [3.05, 3.63) is 23.8 Å². The number of benzene rings is 1. The summed E-state index contributed by atoms with van der Waals surface area (Å²) < 4.78 is 39.3. The van der Waals surface area contributed by atoms with Crippen LogP contribution in [0.4, 0.5) is 8.78 Å². The van der Waals surface area contributed by atoms with Crippen LogP contribution in [0.25, 0.3) is 0 Å². The molecule has 1 aromatic carbocycles. The topological polar surface area (TPSA) is 80.3 Å². The number of ether oxygens (including phenoxy) is 3. The van der Waals surface area contributed by atoms with Gasteiger partial charge >= 0.3 is 6.61 Å². The molecule has 0 spiro atoms. The molecule has 0 radical (unpaired) electrons. The molecule has 0 aliphatic carbocycles. The van der Waals surface area contributed by atoms with Crippen molar-refractivity contribution < 1.29 is 32.6 Å². The Balaban J connectivity index is 1.78. The predicted octanol–water partition coefficient (Wildman–Crippen LogP) is 0.703. The molecule has 1 fully saturated rings. The molecule has 2 rings (SSSR count). The maximum absolute atomic E-state index is 12.3. The van der Waals surface area contributed by atoms with Crippen molar-refractivity contribution in [1.82, 2.24) is 15.1 Å². The van der Waals surface area contributed by atoms with Crippen LogP contribution in [0, 0.1) is 0 Å². The van der Waals surface area contributed by atoms with E-state index in [1.807, 2.05) is 0 Å². The Labute approximate surface area is 162 Å². The van der Waals surface area contributed by atoms with Crippen molar-refractivity contribution in [2.45, 2.75) is 13.2 Å². The molecule has 1 N–H and O–H groups in total. The first-order valence-corrected chi connectivity index (χ1v) is 8.81. The van der Waals surface area contributed by atoms with Crippen LogP contribution in [0.5, 0.6) is 11.5 Å². The minimum atomic E-state index is -2.95. The van der Waals surface area contributed by atoms with Crippen LogP contribution in [0.2, 0.25) is 0 Å². The van der Waals surface area contributed by atoms with E-state index in [9.17, 15) is 18.4 Å². The number of nitrogens with zero attached hydrogens (tertiary/aromatic N) is 2. The van der Waals surface area contributed by atoms with Crippen molar-refractivity contribution in [2.24, 2.45) is 0 Å². The van der Waals surface area contributed by atoms with Gasteiger partial charge in [-0.25, -0.2) is 0 Å². The SMILES string of the molecule is COc1cc(CNC(=O)CN(C)CC(=O)N2CCOCC2)ccc1OC(F)F. The standard InChI is InChI=1S/C18H25F2N3O5/c1-22(12-17(25)23-5-7-27-8-6-23)11-16(24)21-10-13-3-4-14(28-18(19)20)15(9-13)26-2/h3-4,9,18H,5-8,10-12H2,1-2H3,(H,21,24). The number of rotatable bonds is 9. The summed E-state index contributed by atoms with van der Waals surface area (Å²) in [5.41, 5.74) is 0.666. The summed E-state index contributed by atoms with van der Waals surface area (Å²) >= 11 is 0. The quantitative estimate of drug-likeness (QED) is 0.656. The Morgan fingerprint density at radius 2 is 1.96 bits per heavy atom. The minimum Gasteiger partial charge on any atom is -0.493 e. The number of halogens is 2. The lowest BCUT2D eigenvalue weighted by Gasteiger charge is -2.28. The second kappa shape index (κ2) is 10.8. The number of methoxy groups -OCH3 is 1. The number of hydrogen-bond donors (Lipinski definition) is 1. The van der Waals surface area contributed by atoms with Crippen LogP contribution < -0.4 is 14.8 Å². The first-order chi connectivity index (χ1) is 13.4. The highest BCUT2D eigenvalue weighted by atomic mass is 19.3. The Kier molecular flexibility index (Phi) is 8.40. The number of likely N-dealkylation sites (N-methyl/N-ethyl adjacent to an activating group) is 1. The van der Waals surface area contributed by atoms with Crippen molar-refractivity contribution >= 4 is 11.8 Å². The van der Waals surface area contributed by atoms with Gasteiger partial charge in [-0.3, -0.25) is 14.5 Å². The highest BCUT2D eigenvalue weighted by Crippen LogP contribution is 2.29. The molecule has 28 heavy (non-hydrogen) atoms. The molecule has 1 saturated heterocycles. The molecule has 156 valence electrons. The van der Waals surface area contributed by atoms with Gasteiger partial charge in [-0.1, -0.05) is 6.07 Å². The molecule has 1 aliphatic heterocycles. The van der Waals surface area contributed by atoms with Gasteiger partial charge in [0.2, 0.25) is 11.8 Å². The van der Waals surface area contributed by atoms with E-state index in [-0.39, 0.29) is 42.9 Å². The van der Waals surface area contributed by atoms with Crippen LogP contribution in [-0.4, -0.2) is 81.8 Å². The zero-order chi connectivity index (χ0) is 20.5. The summed E-state index contributed by atoms with van der Waals surface area (Å²) in [5, 5.41) is 2.72. The number of hydrogen-bond acceptors (Lipinski definition) is 6. The molecule has 1 heterocycles. The smallest absolute Gasteiger partial charge is 0.387 e. The fraction of sp³-hybridized carbons (Fsp3) is 0.556. The zero-order valence-corrected chi connectivity index (χ0v) is 16.0. The molecular formula is C18H25F2N3O5. The lowest BCUT2D eigenvalue weighted by Crippen LogP contribution is -2.46. The number of amides is 2. The molecular weight excluding hydrogens is 376 g/mol. The van der Waals surface area contributed by atoms with Crippen molar-refractivity contribution in [3.63, 3.8) is 0 Å². The maximum atomic E-state index is 12.3. The van der Waals surface area contributed by atoms with E-state index >= 15 is 0 Å². The Hall–Kier alpha value is -2.46. The van der Waals surface area contributed by atoms with Gasteiger partial charge in [0.05, 0.1) is 33.4 Å². The van der Waals surface area contributed by atoms with Gasteiger partial charge < -0.3 is 24.4 Å². The first-order valence-electron chi connectivity index (χ1n) is 8.81. The van der Waals surface area contributed by atoms with Crippen molar-refractivity contribution in [3.8, 4) is 11.5 Å². The fourth-order valence-electron chi connectivity index (χ4n) is 2.72. The average Bonchev–Trinajstić information content (AvgIpc) is 2.67. The summed E-state index contributed by atoms with van der Waals surface area (Å²) in [6.45, 7) is -0.384. The van der Waals surface area contributed by atoms with Gasteiger partial charge in [-0.05, 0) is 24.7 Å². The highest BCUT2D eigenvalue weighted by Gasteiger charge is 2.19. The molecule has 0 saturated carbocycles. The van der Waals surface area contributed by atoms with E-state index in [0.29, 0.717) is 31.9 Å². The predicted molar refractivity (Wildman–Crippen MR) is 96.4 cm³/mol. The van der Waals surface area contributed by atoms with Crippen molar-refractivity contribution in [2.75, 3.05) is 53.6 Å². The van der Waals surface area contributed by atoms with E-state index in [2.05, 4.69) is 10.1 Å². The molecule has 2 amide bonds.